The predicted molar refractivity (Wildman–Crippen MR) is 90.9 cm³/mol. The van der Waals surface area contributed by atoms with E-state index in [2.05, 4.69) is 43.2 Å². The average Bonchev–Trinajstić information content (AvgIpc) is 2.82. The first kappa shape index (κ1) is 19.5. The number of nitrogens with zero attached hydrogens (tertiary/aromatic N) is 3. The number of aromatic nitrogens is 3. The van der Waals surface area contributed by atoms with E-state index in [1.807, 2.05) is 4.57 Å². The molecule has 1 aromatic rings. The fraction of sp³-hybridized carbons (Fsp3) is 0.733. The van der Waals surface area contributed by atoms with Crippen molar-refractivity contribution in [2.75, 3.05) is 12.3 Å². The van der Waals surface area contributed by atoms with E-state index in [0.29, 0.717) is 35.7 Å². The first-order valence-corrected chi connectivity index (χ1v) is 8.88. The van der Waals surface area contributed by atoms with Crippen LogP contribution in [0.5, 0.6) is 0 Å². The summed E-state index contributed by atoms with van der Waals surface area (Å²) in [6.45, 7) is 9.72. The van der Waals surface area contributed by atoms with Crippen molar-refractivity contribution in [3.05, 3.63) is 5.82 Å². The largest absolute Gasteiger partial charge is 0.370 e. The molecule has 1 rings (SSSR count). The Kier molecular flexibility index (Phi) is 8.08. The Labute approximate surface area is 141 Å². The molecule has 0 spiro atoms. The van der Waals surface area contributed by atoms with Gasteiger partial charge in [-0.3, -0.25) is 9.59 Å². The van der Waals surface area contributed by atoms with Crippen LogP contribution < -0.4 is 11.1 Å². The molecule has 2 amide bonds. The molecule has 0 aromatic carbocycles. The molecule has 0 saturated carbocycles. The van der Waals surface area contributed by atoms with E-state index in [1.54, 1.807) is 0 Å². The molecule has 0 bridgehead atoms. The van der Waals surface area contributed by atoms with E-state index < -0.39 is 0 Å². The third kappa shape index (κ3) is 7.49. The summed E-state index contributed by atoms with van der Waals surface area (Å²) in [5.41, 5.74) is 5.20. The van der Waals surface area contributed by atoms with Crippen molar-refractivity contribution in [1.29, 1.82) is 0 Å². The number of rotatable bonds is 10. The minimum atomic E-state index is -0.355. The lowest BCUT2D eigenvalue weighted by Crippen LogP contribution is -2.28. The normalized spacial score (nSPS) is 11.2. The van der Waals surface area contributed by atoms with Gasteiger partial charge in [0.2, 0.25) is 11.8 Å². The van der Waals surface area contributed by atoms with Crippen molar-refractivity contribution in [2.45, 2.75) is 52.2 Å². The Morgan fingerprint density at radius 1 is 1.22 bits per heavy atom. The minimum absolute atomic E-state index is 0.0125. The zero-order valence-corrected chi connectivity index (χ0v) is 15.2. The molecule has 0 atom stereocenters. The summed E-state index contributed by atoms with van der Waals surface area (Å²) in [6, 6.07) is 0. The summed E-state index contributed by atoms with van der Waals surface area (Å²) in [5, 5.41) is 11.9. The molecule has 0 fully saturated rings. The summed E-state index contributed by atoms with van der Waals surface area (Å²) in [7, 11) is 0. The second-order valence-corrected chi connectivity index (χ2v) is 7.30. The van der Waals surface area contributed by atoms with Gasteiger partial charge in [-0.2, -0.15) is 0 Å². The van der Waals surface area contributed by atoms with Crippen molar-refractivity contribution in [1.82, 2.24) is 20.1 Å². The van der Waals surface area contributed by atoms with Crippen molar-refractivity contribution < 1.29 is 9.59 Å². The Hall–Kier alpha value is -1.57. The number of carbonyl (C=O) groups is 2. The van der Waals surface area contributed by atoms with Crippen LogP contribution in [0.3, 0.4) is 0 Å². The lowest BCUT2D eigenvalue weighted by atomic mass is 10.2. The van der Waals surface area contributed by atoms with E-state index in [9.17, 15) is 9.59 Å². The smallest absolute Gasteiger partial charge is 0.230 e. The van der Waals surface area contributed by atoms with Gasteiger partial charge in [0.25, 0.3) is 0 Å². The summed E-state index contributed by atoms with van der Waals surface area (Å²) in [4.78, 5) is 22.8. The highest BCUT2D eigenvalue weighted by Gasteiger charge is 2.15. The molecule has 0 aliphatic heterocycles. The molecule has 0 aliphatic rings. The zero-order valence-electron chi connectivity index (χ0n) is 14.3. The maximum absolute atomic E-state index is 11.8. The third-order valence-corrected chi connectivity index (χ3v) is 3.94. The summed E-state index contributed by atoms with van der Waals surface area (Å²) < 4.78 is 1.98. The minimum Gasteiger partial charge on any atom is -0.370 e. The van der Waals surface area contributed by atoms with Crippen LogP contribution in [-0.2, 0) is 22.6 Å². The molecular formula is C15H27N5O2S. The van der Waals surface area contributed by atoms with Gasteiger partial charge >= 0.3 is 0 Å². The number of hydrogen-bond donors (Lipinski definition) is 2. The molecule has 130 valence electrons. The number of hydrogen-bond acceptors (Lipinski definition) is 5. The number of nitrogens with two attached hydrogens (primary N) is 1. The highest BCUT2D eigenvalue weighted by atomic mass is 32.2. The summed E-state index contributed by atoms with van der Waals surface area (Å²) in [6.07, 6.45) is 0.713. The Bertz CT molecular complexity index is 528. The Morgan fingerprint density at radius 3 is 2.48 bits per heavy atom. The van der Waals surface area contributed by atoms with E-state index >= 15 is 0 Å². The molecule has 0 aliphatic carbocycles. The molecule has 23 heavy (non-hydrogen) atoms. The van der Waals surface area contributed by atoms with Gasteiger partial charge in [-0.15, -0.1) is 10.2 Å². The van der Waals surface area contributed by atoms with E-state index in [0.717, 1.165) is 12.4 Å². The van der Waals surface area contributed by atoms with Crippen LogP contribution >= 0.6 is 11.8 Å². The number of thioether (sulfide) groups is 1. The van der Waals surface area contributed by atoms with E-state index in [4.69, 9.17) is 5.73 Å². The third-order valence-electron chi connectivity index (χ3n) is 2.98. The van der Waals surface area contributed by atoms with Gasteiger partial charge in [0.15, 0.2) is 5.16 Å². The van der Waals surface area contributed by atoms with Crippen LogP contribution in [0.2, 0.25) is 0 Å². The standard InChI is InChI=1S/C15H27N5O2S/c1-10(2)7-17-14(22)9-23-15-19-18-13(6-5-12(16)21)20(15)8-11(3)4/h10-11H,5-9H2,1-4H3,(H2,16,21)(H,17,22). The van der Waals surface area contributed by atoms with Crippen molar-refractivity contribution >= 4 is 23.6 Å². The molecular weight excluding hydrogens is 314 g/mol. The highest BCUT2D eigenvalue weighted by molar-refractivity contribution is 7.99. The van der Waals surface area contributed by atoms with Gasteiger partial charge in [0, 0.05) is 25.9 Å². The van der Waals surface area contributed by atoms with Crippen LogP contribution in [-0.4, -0.2) is 38.9 Å². The number of amides is 2. The molecule has 0 radical (unpaired) electrons. The Morgan fingerprint density at radius 2 is 1.91 bits per heavy atom. The second kappa shape index (κ2) is 9.54. The number of carbonyl (C=O) groups excluding carboxylic acids is 2. The van der Waals surface area contributed by atoms with E-state index in [1.165, 1.54) is 11.8 Å². The number of primary amides is 1. The monoisotopic (exact) mass is 341 g/mol. The average molecular weight is 341 g/mol. The van der Waals surface area contributed by atoms with Gasteiger partial charge < -0.3 is 15.6 Å². The van der Waals surface area contributed by atoms with Crippen molar-refractivity contribution in [3.8, 4) is 0 Å². The molecule has 7 nitrogen and oxygen atoms in total. The predicted octanol–water partition coefficient (Wildman–Crippen LogP) is 1.22. The van der Waals surface area contributed by atoms with Crippen LogP contribution in [0, 0.1) is 11.8 Å². The van der Waals surface area contributed by atoms with Gasteiger partial charge in [0.05, 0.1) is 5.75 Å². The van der Waals surface area contributed by atoms with Crippen LogP contribution in [0.4, 0.5) is 0 Å². The topological polar surface area (TPSA) is 103 Å². The number of nitrogens with one attached hydrogen (secondary N) is 1. The van der Waals surface area contributed by atoms with Gasteiger partial charge in [-0.1, -0.05) is 39.5 Å². The van der Waals surface area contributed by atoms with Gasteiger partial charge in [-0.05, 0) is 11.8 Å². The molecule has 8 heteroatoms. The molecule has 1 aromatic heterocycles. The lowest BCUT2D eigenvalue weighted by Gasteiger charge is -2.12. The molecule has 0 unspecified atom stereocenters. The van der Waals surface area contributed by atoms with Crippen LogP contribution in [0.15, 0.2) is 5.16 Å². The number of aryl methyl sites for hydroxylation is 1. The first-order valence-electron chi connectivity index (χ1n) is 7.89. The highest BCUT2D eigenvalue weighted by Crippen LogP contribution is 2.19. The Balaban J connectivity index is 2.69. The second-order valence-electron chi connectivity index (χ2n) is 6.36. The quantitative estimate of drug-likeness (QED) is 0.623. The molecule has 1 heterocycles. The maximum Gasteiger partial charge on any atom is 0.230 e. The van der Waals surface area contributed by atoms with Gasteiger partial charge in [0.1, 0.15) is 5.82 Å². The summed E-state index contributed by atoms with van der Waals surface area (Å²) in [5.74, 6) is 1.51. The van der Waals surface area contributed by atoms with Crippen molar-refractivity contribution in [2.24, 2.45) is 17.6 Å². The van der Waals surface area contributed by atoms with E-state index in [-0.39, 0.29) is 18.2 Å². The summed E-state index contributed by atoms with van der Waals surface area (Å²) >= 11 is 1.37. The lowest BCUT2D eigenvalue weighted by molar-refractivity contribution is -0.119. The SMILES string of the molecule is CC(C)CNC(=O)CSc1nnc(CCC(N)=O)n1CC(C)C. The van der Waals surface area contributed by atoms with Gasteiger partial charge in [-0.25, -0.2) is 0 Å². The first-order chi connectivity index (χ1) is 10.8. The van der Waals surface area contributed by atoms with Crippen LogP contribution in [0.25, 0.3) is 0 Å². The van der Waals surface area contributed by atoms with Crippen molar-refractivity contribution in [3.63, 3.8) is 0 Å². The van der Waals surface area contributed by atoms with Crippen LogP contribution in [0.1, 0.15) is 39.9 Å². The fourth-order valence-electron chi connectivity index (χ4n) is 1.89. The maximum atomic E-state index is 11.8. The molecule has 0 saturated heterocycles. The molecule has 3 N–H and O–H groups in total. The zero-order chi connectivity index (χ0) is 17.4. The fourth-order valence-corrected chi connectivity index (χ4v) is 2.69.